The molecule has 0 aliphatic heterocycles. The number of anilines is 1. The molecule has 1 amide bonds. The predicted molar refractivity (Wildman–Crippen MR) is 58.6 cm³/mol. The molecule has 5 heteroatoms. The maximum Gasteiger partial charge on any atom is 0.242 e. The molecule has 4 nitrogen and oxygen atoms in total. The summed E-state index contributed by atoms with van der Waals surface area (Å²) in [6, 6.07) is -0.240. The minimum absolute atomic E-state index is 0.0294. The molecule has 0 aliphatic carbocycles. The van der Waals surface area contributed by atoms with Gasteiger partial charge >= 0.3 is 0 Å². The summed E-state index contributed by atoms with van der Waals surface area (Å²) in [5.41, 5.74) is 1.06. The highest BCUT2D eigenvalue weighted by Gasteiger charge is 2.11. The van der Waals surface area contributed by atoms with Gasteiger partial charge in [0, 0.05) is 12.4 Å². The van der Waals surface area contributed by atoms with Crippen molar-refractivity contribution in [2.75, 3.05) is 12.4 Å². The second-order valence-corrected chi connectivity index (χ2v) is 3.84. The van der Waals surface area contributed by atoms with Crippen LogP contribution >= 0.6 is 11.3 Å². The Morgan fingerprint density at radius 2 is 2.43 bits per heavy atom. The summed E-state index contributed by atoms with van der Waals surface area (Å²) in [7, 11) is 1.62. The highest BCUT2D eigenvalue weighted by molar-refractivity contribution is 7.13. The molecule has 1 rings (SSSR count). The average molecular weight is 213 g/mol. The highest BCUT2D eigenvalue weighted by Crippen LogP contribution is 2.16. The molecule has 0 aliphatic rings. The van der Waals surface area contributed by atoms with Crippen molar-refractivity contribution >= 4 is 22.4 Å². The second kappa shape index (κ2) is 4.95. The minimum atomic E-state index is -0.240. The Labute approximate surface area is 87.7 Å². The molecule has 0 saturated heterocycles. The molecule has 0 spiro atoms. The number of amides is 1. The van der Waals surface area contributed by atoms with Crippen molar-refractivity contribution in [3.63, 3.8) is 0 Å². The first-order valence-electron chi connectivity index (χ1n) is 4.60. The van der Waals surface area contributed by atoms with Crippen molar-refractivity contribution in [3.8, 4) is 0 Å². The molecule has 14 heavy (non-hydrogen) atoms. The number of thiazole rings is 1. The van der Waals surface area contributed by atoms with Crippen LogP contribution in [-0.4, -0.2) is 24.0 Å². The maximum atomic E-state index is 11.2. The van der Waals surface area contributed by atoms with E-state index >= 15 is 0 Å². The minimum Gasteiger partial charge on any atom is -0.357 e. The number of nitrogens with zero attached hydrogens (tertiary/aromatic N) is 1. The van der Waals surface area contributed by atoms with Crippen molar-refractivity contribution in [2.45, 2.75) is 26.3 Å². The van der Waals surface area contributed by atoms with Gasteiger partial charge in [-0.15, -0.1) is 11.3 Å². The Hall–Kier alpha value is -1.10. The number of hydrogen-bond donors (Lipinski definition) is 2. The molecular formula is C9H15N3OS. The molecule has 78 valence electrons. The number of aromatic nitrogens is 1. The normalized spacial score (nSPS) is 12.2. The van der Waals surface area contributed by atoms with E-state index in [0.717, 1.165) is 17.2 Å². The number of hydrogen-bond acceptors (Lipinski definition) is 4. The van der Waals surface area contributed by atoms with Gasteiger partial charge in [0.15, 0.2) is 5.13 Å². The zero-order valence-electron chi connectivity index (χ0n) is 8.63. The molecule has 0 radical (unpaired) electrons. The summed E-state index contributed by atoms with van der Waals surface area (Å²) in [5, 5.41) is 8.43. The molecule has 0 unspecified atom stereocenters. The molecule has 0 saturated carbocycles. The van der Waals surface area contributed by atoms with E-state index in [4.69, 9.17) is 0 Å². The number of aryl methyl sites for hydroxylation is 1. The van der Waals surface area contributed by atoms with Crippen LogP contribution in [0.5, 0.6) is 0 Å². The lowest BCUT2D eigenvalue weighted by molar-refractivity contribution is -0.121. The predicted octanol–water partition coefficient (Wildman–Crippen LogP) is 1.25. The van der Waals surface area contributed by atoms with E-state index in [1.807, 2.05) is 12.3 Å². The van der Waals surface area contributed by atoms with Crippen molar-refractivity contribution in [1.82, 2.24) is 10.3 Å². The van der Waals surface area contributed by atoms with Crippen LogP contribution in [0.1, 0.15) is 19.5 Å². The lowest BCUT2D eigenvalue weighted by Crippen LogP contribution is -2.35. The molecular weight excluding hydrogens is 198 g/mol. The third kappa shape index (κ3) is 2.70. The topological polar surface area (TPSA) is 54.0 Å². The summed E-state index contributed by atoms with van der Waals surface area (Å²) < 4.78 is 0. The SMILES string of the molecule is CCc1csc(N[C@@H](C)C(=O)NC)n1. The monoisotopic (exact) mass is 213 g/mol. The van der Waals surface area contributed by atoms with Gasteiger partial charge in [-0.1, -0.05) is 6.92 Å². The highest BCUT2D eigenvalue weighted by atomic mass is 32.1. The van der Waals surface area contributed by atoms with Crippen molar-refractivity contribution < 1.29 is 4.79 Å². The van der Waals surface area contributed by atoms with Gasteiger partial charge < -0.3 is 10.6 Å². The fourth-order valence-corrected chi connectivity index (χ4v) is 1.88. The Bertz CT molecular complexity index is 311. The summed E-state index contributed by atoms with van der Waals surface area (Å²) in [6.45, 7) is 3.87. The van der Waals surface area contributed by atoms with Crippen molar-refractivity contribution in [2.24, 2.45) is 0 Å². The fourth-order valence-electron chi connectivity index (χ4n) is 1.00. The number of nitrogens with one attached hydrogen (secondary N) is 2. The van der Waals surface area contributed by atoms with Crippen LogP contribution in [0.4, 0.5) is 5.13 Å². The molecule has 2 N–H and O–H groups in total. The first-order chi connectivity index (χ1) is 6.67. The largest absolute Gasteiger partial charge is 0.357 e. The van der Waals surface area contributed by atoms with Crippen LogP contribution < -0.4 is 10.6 Å². The Morgan fingerprint density at radius 3 is 2.93 bits per heavy atom. The number of carbonyl (C=O) groups is 1. The zero-order chi connectivity index (χ0) is 10.6. The zero-order valence-corrected chi connectivity index (χ0v) is 9.44. The summed E-state index contributed by atoms with van der Waals surface area (Å²) >= 11 is 1.53. The lowest BCUT2D eigenvalue weighted by atomic mass is 10.3. The van der Waals surface area contributed by atoms with Crippen LogP contribution in [0.25, 0.3) is 0 Å². The van der Waals surface area contributed by atoms with E-state index in [2.05, 4.69) is 22.5 Å². The van der Waals surface area contributed by atoms with E-state index in [1.165, 1.54) is 11.3 Å². The summed E-state index contributed by atoms with van der Waals surface area (Å²) in [5.74, 6) is -0.0294. The average Bonchev–Trinajstić information content (AvgIpc) is 2.64. The Morgan fingerprint density at radius 1 is 1.71 bits per heavy atom. The summed E-state index contributed by atoms with van der Waals surface area (Å²) in [4.78, 5) is 15.5. The number of carbonyl (C=O) groups excluding carboxylic acids is 1. The van der Waals surface area contributed by atoms with Gasteiger partial charge in [0.2, 0.25) is 5.91 Å². The summed E-state index contributed by atoms with van der Waals surface area (Å²) in [6.07, 6.45) is 0.923. The quantitative estimate of drug-likeness (QED) is 0.791. The van der Waals surface area contributed by atoms with Gasteiger partial charge in [0.25, 0.3) is 0 Å². The number of likely N-dealkylation sites (N-methyl/N-ethyl adjacent to an activating group) is 1. The van der Waals surface area contributed by atoms with E-state index in [-0.39, 0.29) is 11.9 Å². The standard InChI is InChI=1S/C9H15N3OS/c1-4-7-5-14-9(12-7)11-6(2)8(13)10-3/h5-6H,4H2,1-3H3,(H,10,13)(H,11,12)/t6-/m0/s1. The third-order valence-corrected chi connectivity index (χ3v) is 2.72. The van der Waals surface area contributed by atoms with Crippen LogP contribution in [0.2, 0.25) is 0 Å². The van der Waals surface area contributed by atoms with Crippen LogP contribution in [0.15, 0.2) is 5.38 Å². The van der Waals surface area contributed by atoms with Crippen molar-refractivity contribution in [1.29, 1.82) is 0 Å². The van der Waals surface area contributed by atoms with E-state index in [1.54, 1.807) is 7.05 Å². The molecule has 1 atom stereocenters. The molecule has 1 heterocycles. The van der Waals surface area contributed by atoms with Gasteiger partial charge in [-0.05, 0) is 13.3 Å². The fraction of sp³-hybridized carbons (Fsp3) is 0.556. The van der Waals surface area contributed by atoms with Gasteiger partial charge in [0.05, 0.1) is 5.69 Å². The number of rotatable bonds is 4. The van der Waals surface area contributed by atoms with Crippen molar-refractivity contribution in [3.05, 3.63) is 11.1 Å². The van der Waals surface area contributed by atoms with Crippen LogP contribution in [0, 0.1) is 0 Å². The molecule has 0 fully saturated rings. The molecule has 1 aromatic heterocycles. The van der Waals surface area contributed by atoms with E-state index in [9.17, 15) is 4.79 Å². The first-order valence-corrected chi connectivity index (χ1v) is 5.47. The van der Waals surface area contributed by atoms with Crippen LogP contribution in [-0.2, 0) is 11.2 Å². The Balaban J connectivity index is 2.55. The first kappa shape index (κ1) is 11.0. The maximum absolute atomic E-state index is 11.2. The third-order valence-electron chi connectivity index (χ3n) is 1.89. The van der Waals surface area contributed by atoms with Crippen LogP contribution in [0.3, 0.4) is 0 Å². The Kier molecular flexibility index (Phi) is 3.88. The molecule has 0 bridgehead atoms. The molecule has 0 aromatic carbocycles. The van der Waals surface area contributed by atoms with E-state index < -0.39 is 0 Å². The van der Waals surface area contributed by atoms with Gasteiger partial charge in [-0.2, -0.15) is 0 Å². The second-order valence-electron chi connectivity index (χ2n) is 2.98. The lowest BCUT2D eigenvalue weighted by Gasteiger charge is -2.10. The van der Waals surface area contributed by atoms with E-state index in [0.29, 0.717) is 0 Å². The van der Waals surface area contributed by atoms with Gasteiger partial charge in [0.1, 0.15) is 6.04 Å². The van der Waals surface area contributed by atoms with Gasteiger partial charge in [-0.3, -0.25) is 4.79 Å². The van der Waals surface area contributed by atoms with Gasteiger partial charge in [-0.25, -0.2) is 4.98 Å². The smallest absolute Gasteiger partial charge is 0.242 e. The molecule has 1 aromatic rings.